The summed E-state index contributed by atoms with van der Waals surface area (Å²) in [5.41, 5.74) is 0.976. The lowest BCUT2D eigenvalue weighted by molar-refractivity contribution is 0.288. The average molecular weight is 312 g/mol. The van der Waals surface area contributed by atoms with E-state index in [0.29, 0.717) is 17.4 Å². The zero-order valence-electron chi connectivity index (χ0n) is 12.6. The molecule has 1 saturated carbocycles. The highest BCUT2D eigenvalue weighted by Gasteiger charge is 2.27. The Morgan fingerprint density at radius 3 is 2.38 bits per heavy atom. The minimum absolute atomic E-state index is 0.117. The summed E-state index contributed by atoms with van der Waals surface area (Å²) in [5.74, 6) is 0. The molecule has 0 atom stereocenters. The Morgan fingerprint density at radius 1 is 1.29 bits per heavy atom. The van der Waals surface area contributed by atoms with E-state index in [4.69, 9.17) is 5.11 Å². The number of nitrogens with zero attached hydrogens (tertiary/aromatic N) is 1. The molecule has 2 rings (SSSR count). The van der Waals surface area contributed by atoms with Crippen LogP contribution in [0.15, 0.2) is 29.2 Å². The molecule has 0 aliphatic heterocycles. The van der Waals surface area contributed by atoms with Crippen molar-refractivity contribution in [3.05, 3.63) is 24.3 Å². The Bertz CT molecular complexity index is 551. The van der Waals surface area contributed by atoms with Crippen LogP contribution < -0.4 is 9.62 Å². The minimum Gasteiger partial charge on any atom is -0.396 e. The zero-order valence-corrected chi connectivity index (χ0v) is 13.4. The zero-order chi connectivity index (χ0) is 15.5. The van der Waals surface area contributed by atoms with E-state index in [0.717, 1.165) is 25.1 Å². The van der Waals surface area contributed by atoms with Crippen molar-refractivity contribution in [1.29, 1.82) is 0 Å². The number of aliphatic hydroxyl groups is 1. The normalized spacial score (nSPS) is 15.4. The molecule has 21 heavy (non-hydrogen) atoms. The molecule has 0 saturated heterocycles. The Kier molecular flexibility index (Phi) is 5.24. The van der Waals surface area contributed by atoms with Crippen molar-refractivity contribution in [1.82, 2.24) is 4.72 Å². The van der Waals surface area contributed by atoms with Gasteiger partial charge in [0.15, 0.2) is 0 Å². The number of benzene rings is 1. The second-order valence-corrected chi connectivity index (χ2v) is 7.47. The van der Waals surface area contributed by atoms with E-state index in [2.05, 4.69) is 23.5 Å². The van der Waals surface area contributed by atoms with E-state index in [1.165, 1.54) is 0 Å². The van der Waals surface area contributed by atoms with Gasteiger partial charge in [0, 0.05) is 30.9 Å². The molecule has 1 aliphatic rings. The van der Waals surface area contributed by atoms with Crippen molar-refractivity contribution in [3.63, 3.8) is 0 Å². The molecule has 0 spiro atoms. The van der Waals surface area contributed by atoms with Gasteiger partial charge in [0.25, 0.3) is 0 Å². The predicted octanol–water partition coefficient (Wildman–Crippen LogP) is 1.72. The fraction of sp³-hybridized carbons (Fsp3) is 0.600. The Labute approximate surface area is 127 Å². The molecular formula is C15H24N2O3S. The maximum atomic E-state index is 12.1. The molecule has 1 fully saturated rings. The number of anilines is 1. The summed E-state index contributed by atoms with van der Waals surface area (Å²) in [6.45, 7) is 5.06. The molecule has 0 bridgehead atoms. The van der Waals surface area contributed by atoms with Crippen molar-refractivity contribution in [2.24, 2.45) is 0 Å². The summed E-state index contributed by atoms with van der Waals surface area (Å²) >= 11 is 0. The number of hydrogen-bond acceptors (Lipinski definition) is 4. The lowest BCUT2D eigenvalue weighted by Gasteiger charge is -2.29. The molecule has 0 radical (unpaired) electrons. The molecular weight excluding hydrogens is 288 g/mol. The van der Waals surface area contributed by atoms with E-state index in [9.17, 15) is 8.42 Å². The van der Waals surface area contributed by atoms with Gasteiger partial charge in [-0.1, -0.05) is 0 Å². The van der Waals surface area contributed by atoms with Crippen molar-refractivity contribution in [2.45, 2.75) is 50.1 Å². The quantitative estimate of drug-likeness (QED) is 0.767. The molecule has 0 aromatic heterocycles. The molecule has 0 unspecified atom stereocenters. The minimum atomic E-state index is -3.39. The monoisotopic (exact) mass is 312 g/mol. The molecule has 5 nitrogen and oxygen atoms in total. The molecule has 1 aromatic carbocycles. The topological polar surface area (TPSA) is 69.6 Å². The fourth-order valence-corrected chi connectivity index (χ4v) is 3.54. The summed E-state index contributed by atoms with van der Waals surface area (Å²) in [6.07, 6.45) is 2.56. The SMILES string of the molecule is CC(C)N(CCCO)c1ccc(S(=O)(=O)NC2CC2)cc1. The van der Waals surface area contributed by atoms with Crippen molar-refractivity contribution >= 4 is 15.7 Å². The Balaban J connectivity index is 2.12. The third kappa shape index (κ3) is 4.43. The second-order valence-electron chi connectivity index (χ2n) is 5.75. The first-order valence-corrected chi connectivity index (χ1v) is 8.92. The summed E-state index contributed by atoms with van der Waals surface area (Å²) in [7, 11) is -3.39. The van der Waals surface area contributed by atoms with Crippen LogP contribution in [0.5, 0.6) is 0 Å². The number of aliphatic hydroxyl groups excluding tert-OH is 1. The van der Waals surface area contributed by atoms with Crippen LogP contribution in [0.4, 0.5) is 5.69 Å². The molecule has 1 aromatic rings. The number of hydrogen-bond donors (Lipinski definition) is 2. The Hall–Kier alpha value is -1.11. The fourth-order valence-electron chi connectivity index (χ4n) is 2.23. The van der Waals surface area contributed by atoms with Crippen molar-refractivity contribution in [3.8, 4) is 0 Å². The van der Waals surface area contributed by atoms with Crippen LogP contribution in [-0.2, 0) is 10.0 Å². The highest BCUT2D eigenvalue weighted by molar-refractivity contribution is 7.89. The van der Waals surface area contributed by atoms with Gasteiger partial charge in [-0.2, -0.15) is 0 Å². The highest BCUT2D eigenvalue weighted by atomic mass is 32.2. The van der Waals surface area contributed by atoms with Crippen LogP contribution in [-0.4, -0.2) is 38.8 Å². The molecule has 0 heterocycles. The molecule has 6 heteroatoms. The van der Waals surface area contributed by atoms with Crippen LogP contribution in [0, 0.1) is 0 Å². The second kappa shape index (κ2) is 6.77. The lowest BCUT2D eigenvalue weighted by Crippen LogP contribution is -2.32. The summed E-state index contributed by atoms with van der Waals surface area (Å²) in [6, 6.07) is 7.37. The van der Waals surface area contributed by atoms with Gasteiger partial charge in [-0.3, -0.25) is 0 Å². The van der Waals surface area contributed by atoms with E-state index >= 15 is 0 Å². The third-order valence-corrected chi connectivity index (χ3v) is 5.09. The molecule has 1 aliphatic carbocycles. The third-order valence-electron chi connectivity index (χ3n) is 3.56. The maximum Gasteiger partial charge on any atom is 0.240 e. The molecule has 0 amide bonds. The number of nitrogens with one attached hydrogen (secondary N) is 1. The summed E-state index contributed by atoms with van der Waals surface area (Å²) in [5, 5.41) is 8.97. The van der Waals surface area contributed by atoms with Gasteiger partial charge in [-0.25, -0.2) is 13.1 Å². The van der Waals surface area contributed by atoms with Crippen molar-refractivity contribution in [2.75, 3.05) is 18.1 Å². The molecule has 118 valence electrons. The van der Waals surface area contributed by atoms with Gasteiger partial charge >= 0.3 is 0 Å². The average Bonchev–Trinajstić information content (AvgIpc) is 3.22. The number of rotatable bonds is 8. The van der Waals surface area contributed by atoms with Crippen LogP contribution >= 0.6 is 0 Å². The van der Waals surface area contributed by atoms with Gasteiger partial charge in [-0.05, 0) is 57.4 Å². The largest absolute Gasteiger partial charge is 0.396 e. The summed E-state index contributed by atoms with van der Waals surface area (Å²) < 4.78 is 26.9. The number of sulfonamides is 1. The predicted molar refractivity (Wildman–Crippen MR) is 84.0 cm³/mol. The van der Waals surface area contributed by atoms with E-state index in [-0.39, 0.29) is 12.6 Å². The van der Waals surface area contributed by atoms with Gasteiger partial charge in [-0.15, -0.1) is 0 Å². The first kappa shape index (κ1) is 16.3. The van der Waals surface area contributed by atoms with Crippen LogP contribution in [0.3, 0.4) is 0 Å². The van der Waals surface area contributed by atoms with Gasteiger partial charge < -0.3 is 10.0 Å². The van der Waals surface area contributed by atoms with Crippen LogP contribution in [0.25, 0.3) is 0 Å². The lowest BCUT2D eigenvalue weighted by atomic mass is 10.2. The van der Waals surface area contributed by atoms with Gasteiger partial charge in [0.05, 0.1) is 4.90 Å². The van der Waals surface area contributed by atoms with E-state index in [1.807, 2.05) is 12.1 Å². The first-order valence-electron chi connectivity index (χ1n) is 7.44. The molecule has 2 N–H and O–H groups in total. The highest BCUT2D eigenvalue weighted by Crippen LogP contribution is 2.24. The van der Waals surface area contributed by atoms with Crippen LogP contribution in [0.1, 0.15) is 33.1 Å². The van der Waals surface area contributed by atoms with Gasteiger partial charge in [0.2, 0.25) is 10.0 Å². The standard InChI is InChI=1S/C15H24N2O3S/c1-12(2)17(10-3-11-18)14-6-8-15(9-7-14)21(19,20)16-13-4-5-13/h6-9,12-13,16,18H,3-5,10-11H2,1-2H3. The van der Waals surface area contributed by atoms with Crippen LogP contribution in [0.2, 0.25) is 0 Å². The smallest absolute Gasteiger partial charge is 0.240 e. The van der Waals surface area contributed by atoms with E-state index < -0.39 is 10.0 Å². The maximum absolute atomic E-state index is 12.1. The van der Waals surface area contributed by atoms with Gasteiger partial charge in [0.1, 0.15) is 0 Å². The Morgan fingerprint density at radius 2 is 1.90 bits per heavy atom. The van der Waals surface area contributed by atoms with Crippen molar-refractivity contribution < 1.29 is 13.5 Å². The van der Waals surface area contributed by atoms with E-state index in [1.54, 1.807) is 12.1 Å². The first-order chi connectivity index (χ1) is 9.94. The summed E-state index contributed by atoms with van der Waals surface area (Å²) in [4.78, 5) is 2.46.